The number of carbonyl (C=O) groups is 7. The molecule has 3 aromatic carbocycles. The summed E-state index contributed by atoms with van der Waals surface area (Å²) in [6.45, 7) is 8.53. The van der Waals surface area contributed by atoms with E-state index in [9.17, 15) is 38.7 Å². The van der Waals surface area contributed by atoms with Crippen LogP contribution in [-0.4, -0.2) is 94.4 Å². The van der Waals surface area contributed by atoms with Crippen molar-refractivity contribution in [3.05, 3.63) is 102 Å². The molecule has 324 valence electrons. The largest absolute Gasteiger partial charge is 0.508 e. The summed E-state index contributed by atoms with van der Waals surface area (Å²) in [6.07, 6.45) is 0.748. The van der Waals surface area contributed by atoms with Crippen LogP contribution in [0.5, 0.6) is 5.75 Å². The van der Waals surface area contributed by atoms with Crippen molar-refractivity contribution >= 4 is 52.8 Å². The Morgan fingerprint density at radius 1 is 0.738 bits per heavy atom. The van der Waals surface area contributed by atoms with Crippen molar-refractivity contribution in [1.82, 2.24) is 36.9 Å². The summed E-state index contributed by atoms with van der Waals surface area (Å²) in [5, 5.41) is 26.9. The summed E-state index contributed by atoms with van der Waals surface area (Å²) >= 11 is 0. The fourth-order valence-corrected chi connectivity index (χ4v) is 7.22. The number of esters is 1. The second kappa shape index (κ2) is 21.0. The van der Waals surface area contributed by atoms with Crippen molar-refractivity contribution in [1.29, 1.82) is 0 Å². The quantitative estimate of drug-likeness (QED) is 0.0726. The number of aromatic nitrogens is 1. The van der Waals surface area contributed by atoms with Crippen molar-refractivity contribution in [2.45, 2.75) is 103 Å². The highest BCUT2D eigenvalue weighted by atomic mass is 16.5. The third kappa shape index (κ3) is 12.4. The first-order valence-corrected chi connectivity index (χ1v) is 20.4. The van der Waals surface area contributed by atoms with Crippen LogP contribution < -0.4 is 31.9 Å². The van der Waals surface area contributed by atoms with Crippen molar-refractivity contribution in [2.24, 2.45) is 11.8 Å². The molecule has 1 aliphatic rings. The standard InChI is InChI=1S/C45H55N7O9/c1-25(2)19-34(47-24-53)40(55)52-39-27(5)61-45(60)37(22-30-23-46-33-14-10-9-13-32(30)33)50-41(56)35(21-29-15-17-31(54)18-16-29)48-43(58)38(26(3)4)51-42(57)36(49-44(39)59)20-28-11-7-6-8-12-28/h6-18,23-27,34-39,46,54H,19-22H2,1-5H3,(H,47,53)(H,48,58)(H,49,59)(H,50,56)(H,51,57)(H,52,55). The van der Waals surface area contributed by atoms with Crippen LogP contribution in [0.2, 0.25) is 0 Å². The Labute approximate surface area is 354 Å². The summed E-state index contributed by atoms with van der Waals surface area (Å²) in [7, 11) is 0. The normalized spacial score (nSPS) is 22.4. The third-order valence-corrected chi connectivity index (χ3v) is 10.5. The summed E-state index contributed by atoms with van der Waals surface area (Å²) in [5.74, 6) is -5.31. The summed E-state index contributed by atoms with van der Waals surface area (Å²) < 4.78 is 5.95. The highest BCUT2D eigenvalue weighted by molar-refractivity contribution is 5.97. The number of aromatic hydroxyl groups is 1. The molecule has 0 saturated carbocycles. The minimum Gasteiger partial charge on any atom is -0.508 e. The number of benzene rings is 3. The van der Waals surface area contributed by atoms with Crippen molar-refractivity contribution in [3.63, 3.8) is 0 Å². The van der Waals surface area contributed by atoms with Crippen molar-refractivity contribution < 1.29 is 43.4 Å². The van der Waals surface area contributed by atoms with Crippen LogP contribution in [0.3, 0.4) is 0 Å². The van der Waals surface area contributed by atoms with Gasteiger partial charge in [0.1, 0.15) is 48.1 Å². The lowest BCUT2D eigenvalue weighted by Crippen LogP contribution is -2.63. The first-order valence-electron chi connectivity index (χ1n) is 20.4. The summed E-state index contributed by atoms with van der Waals surface area (Å²) in [4.78, 5) is 100. The molecule has 1 aliphatic heterocycles. The van der Waals surface area contributed by atoms with E-state index in [2.05, 4.69) is 36.9 Å². The molecule has 2 heterocycles. The number of phenolic OH excluding ortho intramolecular Hbond substituents is 1. The Morgan fingerprint density at radius 2 is 1.33 bits per heavy atom. The number of hydrogen-bond acceptors (Lipinski definition) is 9. The van der Waals surface area contributed by atoms with E-state index in [1.807, 2.05) is 38.1 Å². The molecular weight excluding hydrogens is 783 g/mol. The van der Waals surface area contributed by atoms with Crippen LogP contribution in [0.25, 0.3) is 10.9 Å². The van der Waals surface area contributed by atoms with Gasteiger partial charge in [-0.05, 0) is 60.1 Å². The monoisotopic (exact) mass is 837 g/mol. The Balaban J connectivity index is 1.59. The maximum Gasteiger partial charge on any atom is 0.329 e. The lowest BCUT2D eigenvalue weighted by molar-refractivity contribution is -0.156. The average Bonchev–Trinajstić information content (AvgIpc) is 3.63. The number of para-hydroxylation sites is 1. The number of ether oxygens (including phenoxy) is 1. The van der Waals surface area contributed by atoms with Crippen LogP contribution >= 0.6 is 0 Å². The molecule has 7 unspecified atom stereocenters. The topological polar surface area (TPSA) is 237 Å². The number of rotatable bonds is 13. The van der Waals surface area contributed by atoms with E-state index in [4.69, 9.17) is 4.74 Å². The molecule has 7 atom stereocenters. The van der Waals surface area contributed by atoms with Gasteiger partial charge in [0.05, 0.1) is 0 Å². The maximum atomic E-state index is 14.4. The molecule has 1 fully saturated rings. The molecule has 16 heteroatoms. The maximum absolute atomic E-state index is 14.4. The van der Waals surface area contributed by atoms with Crippen LogP contribution in [0.1, 0.15) is 57.7 Å². The Kier molecular flexibility index (Phi) is 15.6. The molecule has 6 amide bonds. The second-order valence-electron chi connectivity index (χ2n) is 16.1. The number of phenols is 1. The van der Waals surface area contributed by atoms with Gasteiger partial charge in [-0.1, -0.05) is 88.4 Å². The molecule has 8 N–H and O–H groups in total. The van der Waals surface area contributed by atoms with E-state index in [1.54, 1.807) is 62.5 Å². The van der Waals surface area contributed by atoms with E-state index < -0.39 is 83.8 Å². The van der Waals surface area contributed by atoms with Gasteiger partial charge < -0.3 is 46.7 Å². The van der Waals surface area contributed by atoms with Gasteiger partial charge in [0.2, 0.25) is 35.9 Å². The third-order valence-electron chi connectivity index (χ3n) is 10.5. The van der Waals surface area contributed by atoms with E-state index in [0.717, 1.165) is 10.9 Å². The minimum absolute atomic E-state index is 0.00411. The number of nitrogens with one attached hydrogen (secondary N) is 7. The molecule has 1 saturated heterocycles. The van der Waals surface area contributed by atoms with E-state index in [0.29, 0.717) is 23.1 Å². The molecule has 4 aromatic rings. The van der Waals surface area contributed by atoms with Crippen LogP contribution in [0, 0.1) is 11.8 Å². The molecule has 16 nitrogen and oxygen atoms in total. The van der Waals surface area contributed by atoms with Gasteiger partial charge in [-0.15, -0.1) is 0 Å². The SMILES string of the molecule is CC(C)CC(NC=O)C(=O)NC1C(=O)NC(Cc2ccccc2)C(=O)NC(C(C)C)C(=O)NC(Cc2ccc(O)cc2)C(=O)NC(Cc2c[nH]c3ccccc23)C(=O)OC1C. The molecule has 0 bridgehead atoms. The van der Waals surface area contributed by atoms with Crippen LogP contribution in [-0.2, 0) is 57.6 Å². The fraction of sp³-hybridized carbons (Fsp3) is 0.400. The van der Waals surface area contributed by atoms with Crippen LogP contribution in [0.4, 0.5) is 0 Å². The smallest absolute Gasteiger partial charge is 0.329 e. The number of cyclic esters (lactones) is 1. The Morgan fingerprint density at radius 3 is 1.97 bits per heavy atom. The number of aromatic amines is 1. The number of H-pyrrole nitrogens is 1. The van der Waals surface area contributed by atoms with Crippen molar-refractivity contribution in [3.8, 4) is 5.75 Å². The van der Waals surface area contributed by atoms with Gasteiger partial charge >= 0.3 is 5.97 Å². The Bertz CT molecular complexity index is 2170. The van der Waals surface area contributed by atoms with Gasteiger partial charge in [0, 0.05) is 36.4 Å². The van der Waals surface area contributed by atoms with Gasteiger partial charge in [0.15, 0.2) is 0 Å². The van der Waals surface area contributed by atoms with Gasteiger partial charge in [-0.2, -0.15) is 0 Å². The summed E-state index contributed by atoms with van der Waals surface area (Å²) in [5.41, 5.74) is 2.68. The molecule has 5 rings (SSSR count). The van der Waals surface area contributed by atoms with E-state index in [-0.39, 0.29) is 37.4 Å². The molecule has 0 spiro atoms. The first-order chi connectivity index (χ1) is 29.1. The van der Waals surface area contributed by atoms with Crippen molar-refractivity contribution in [2.75, 3.05) is 0 Å². The molecule has 0 radical (unpaired) electrons. The lowest BCUT2D eigenvalue weighted by Gasteiger charge is -2.31. The van der Waals surface area contributed by atoms with E-state index in [1.165, 1.54) is 19.1 Å². The fourth-order valence-electron chi connectivity index (χ4n) is 7.22. The summed E-state index contributed by atoms with van der Waals surface area (Å²) in [6, 6.07) is 14.5. The first kappa shape index (κ1) is 45.4. The number of amides is 6. The zero-order valence-electron chi connectivity index (χ0n) is 34.9. The van der Waals surface area contributed by atoms with Gasteiger partial charge in [-0.25, -0.2) is 4.79 Å². The van der Waals surface area contributed by atoms with Gasteiger partial charge in [0.25, 0.3) is 0 Å². The average molecular weight is 838 g/mol. The predicted molar refractivity (Wildman–Crippen MR) is 226 cm³/mol. The number of fused-ring (bicyclic) bond motifs is 1. The minimum atomic E-state index is -1.60. The molecular formula is C45H55N7O9. The number of hydrogen-bond donors (Lipinski definition) is 8. The second-order valence-corrected chi connectivity index (χ2v) is 16.1. The van der Waals surface area contributed by atoms with Gasteiger partial charge in [-0.3, -0.25) is 28.8 Å². The molecule has 61 heavy (non-hydrogen) atoms. The Hall–Kier alpha value is -6.71. The lowest BCUT2D eigenvalue weighted by atomic mass is 9.98. The zero-order valence-corrected chi connectivity index (χ0v) is 34.9. The molecule has 1 aromatic heterocycles. The highest BCUT2D eigenvalue weighted by Gasteiger charge is 2.39. The predicted octanol–water partition coefficient (Wildman–Crippen LogP) is 2.09. The zero-order chi connectivity index (χ0) is 44.2. The number of carbonyl (C=O) groups excluding carboxylic acids is 7. The highest BCUT2D eigenvalue weighted by Crippen LogP contribution is 2.21. The van der Waals surface area contributed by atoms with E-state index >= 15 is 0 Å². The van der Waals surface area contributed by atoms with Crippen LogP contribution in [0.15, 0.2) is 85.1 Å². The molecule has 0 aliphatic carbocycles.